The fourth-order valence-electron chi connectivity index (χ4n) is 1.93. The van der Waals surface area contributed by atoms with Crippen molar-refractivity contribution in [3.63, 3.8) is 0 Å². The summed E-state index contributed by atoms with van der Waals surface area (Å²) in [5.74, 6) is 0.425. The molecule has 0 bridgehead atoms. The first-order valence-corrected chi connectivity index (χ1v) is 6.55. The van der Waals surface area contributed by atoms with E-state index in [1.165, 1.54) is 12.8 Å². The number of nitrogens with zero attached hydrogens (tertiary/aromatic N) is 1. The van der Waals surface area contributed by atoms with Crippen LogP contribution in [0, 0.1) is 23.1 Å². The van der Waals surface area contributed by atoms with Crippen LogP contribution >= 0.6 is 15.9 Å². The molecular weight excluding hydrogens is 283 g/mol. The third-order valence-electron chi connectivity index (χ3n) is 2.99. The number of hydrogen-bond donors (Lipinski definition) is 1. The van der Waals surface area contributed by atoms with Crippen LogP contribution in [0.25, 0.3) is 0 Å². The van der Waals surface area contributed by atoms with E-state index in [9.17, 15) is 4.39 Å². The first kappa shape index (κ1) is 12.4. The van der Waals surface area contributed by atoms with Crippen LogP contribution in [-0.4, -0.2) is 6.04 Å². The van der Waals surface area contributed by atoms with Gasteiger partial charge in [-0.2, -0.15) is 5.26 Å². The zero-order valence-corrected chi connectivity index (χ0v) is 11.2. The Labute approximate surface area is 109 Å². The first-order chi connectivity index (χ1) is 8.11. The van der Waals surface area contributed by atoms with Crippen LogP contribution in [0.15, 0.2) is 16.6 Å². The highest BCUT2D eigenvalue weighted by atomic mass is 79.9. The minimum absolute atomic E-state index is 0.239. The van der Waals surface area contributed by atoms with Crippen LogP contribution in [0.5, 0.6) is 0 Å². The first-order valence-electron chi connectivity index (χ1n) is 5.76. The summed E-state index contributed by atoms with van der Waals surface area (Å²) >= 11 is 3.11. The summed E-state index contributed by atoms with van der Waals surface area (Å²) in [6.45, 7) is 2.06. The molecule has 1 saturated carbocycles. The van der Waals surface area contributed by atoms with Crippen LogP contribution in [0.2, 0.25) is 0 Å². The van der Waals surface area contributed by atoms with E-state index in [0.29, 0.717) is 11.3 Å². The molecule has 1 fully saturated rings. The zero-order chi connectivity index (χ0) is 12.4. The molecule has 0 saturated heterocycles. The van der Waals surface area contributed by atoms with Gasteiger partial charge in [0.15, 0.2) is 5.82 Å². The second-order valence-corrected chi connectivity index (χ2v) is 5.42. The molecule has 0 aliphatic heterocycles. The predicted molar refractivity (Wildman–Crippen MR) is 69.2 cm³/mol. The molecule has 2 nitrogen and oxygen atoms in total. The lowest BCUT2D eigenvalue weighted by Gasteiger charge is -2.16. The lowest BCUT2D eigenvalue weighted by atomic mass is 10.1. The Kier molecular flexibility index (Phi) is 3.68. The molecule has 0 aromatic heterocycles. The van der Waals surface area contributed by atoms with E-state index in [-0.39, 0.29) is 16.3 Å². The smallest absolute Gasteiger partial charge is 0.161 e. The van der Waals surface area contributed by atoms with Crippen molar-refractivity contribution >= 4 is 21.6 Å². The predicted octanol–water partition coefficient (Wildman–Crippen LogP) is 4.06. The second kappa shape index (κ2) is 5.05. The molecule has 1 atom stereocenters. The Morgan fingerprint density at radius 3 is 2.88 bits per heavy atom. The summed E-state index contributed by atoms with van der Waals surface area (Å²) in [6.07, 6.45) is 3.67. The van der Waals surface area contributed by atoms with E-state index in [1.54, 1.807) is 12.1 Å². The zero-order valence-electron chi connectivity index (χ0n) is 9.63. The molecule has 2 rings (SSSR count). The standard InChI is InChI=1S/C13H14BrFN2/c1-8(6-9-2-3-9)17-11-5-4-10(7-16)12(14)13(11)15/h4-5,8-9,17H,2-3,6H2,1H3. The van der Waals surface area contributed by atoms with Gasteiger partial charge < -0.3 is 5.32 Å². The molecule has 4 heteroatoms. The summed E-state index contributed by atoms with van der Waals surface area (Å²) < 4.78 is 14.1. The van der Waals surface area contributed by atoms with E-state index in [0.717, 1.165) is 12.3 Å². The second-order valence-electron chi connectivity index (χ2n) is 4.62. The number of anilines is 1. The Morgan fingerprint density at radius 1 is 1.59 bits per heavy atom. The Balaban J connectivity index is 2.10. The van der Waals surface area contributed by atoms with Gasteiger partial charge in [0, 0.05) is 6.04 Å². The van der Waals surface area contributed by atoms with Crippen LogP contribution in [-0.2, 0) is 0 Å². The van der Waals surface area contributed by atoms with Gasteiger partial charge in [-0.1, -0.05) is 12.8 Å². The number of hydrogen-bond acceptors (Lipinski definition) is 2. The molecular formula is C13H14BrFN2. The molecule has 1 aromatic rings. The van der Waals surface area contributed by atoms with Crippen molar-refractivity contribution < 1.29 is 4.39 Å². The average Bonchev–Trinajstić information content (AvgIpc) is 3.09. The van der Waals surface area contributed by atoms with Crippen LogP contribution < -0.4 is 5.32 Å². The highest BCUT2D eigenvalue weighted by Crippen LogP contribution is 2.34. The Hall–Kier alpha value is -1.08. The van der Waals surface area contributed by atoms with Gasteiger partial charge in [-0.3, -0.25) is 0 Å². The molecule has 1 aliphatic carbocycles. The van der Waals surface area contributed by atoms with E-state index in [2.05, 4.69) is 28.2 Å². The molecule has 1 N–H and O–H groups in total. The quantitative estimate of drug-likeness (QED) is 0.909. The van der Waals surface area contributed by atoms with E-state index >= 15 is 0 Å². The lowest BCUT2D eigenvalue weighted by Crippen LogP contribution is -2.16. The Morgan fingerprint density at radius 2 is 2.29 bits per heavy atom. The van der Waals surface area contributed by atoms with Gasteiger partial charge in [-0.05, 0) is 47.3 Å². The molecule has 0 heterocycles. The van der Waals surface area contributed by atoms with Gasteiger partial charge in [0.05, 0.1) is 15.7 Å². The minimum atomic E-state index is -0.383. The summed E-state index contributed by atoms with van der Waals surface area (Å²) in [5, 5.41) is 11.9. The van der Waals surface area contributed by atoms with Crippen molar-refractivity contribution in [2.24, 2.45) is 5.92 Å². The monoisotopic (exact) mass is 296 g/mol. The minimum Gasteiger partial charge on any atom is -0.380 e. The molecule has 17 heavy (non-hydrogen) atoms. The molecule has 0 spiro atoms. The molecule has 1 aromatic carbocycles. The van der Waals surface area contributed by atoms with Crippen molar-refractivity contribution in [2.45, 2.75) is 32.2 Å². The van der Waals surface area contributed by atoms with Gasteiger partial charge in [-0.15, -0.1) is 0 Å². The van der Waals surface area contributed by atoms with Crippen molar-refractivity contribution in [3.05, 3.63) is 28.0 Å². The maximum atomic E-state index is 13.9. The summed E-state index contributed by atoms with van der Waals surface area (Å²) in [4.78, 5) is 0. The third-order valence-corrected chi connectivity index (χ3v) is 3.76. The largest absolute Gasteiger partial charge is 0.380 e. The molecule has 0 radical (unpaired) electrons. The maximum absolute atomic E-state index is 13.9. The number of nitriles is 1. The van der Waals surface area contributed by atoms with Crippen LogP contribution in [0.4, 0.5) is 10.1 Å². The summed E-state index contributed by atoms with van der Waals surface area (Å²) in [6, 6.07) is 5.46. The van der Waals surface area contributed by atoms with Crippen LogP contribution in [0.3, 0.4) is 0 Å². The lowest BCUT2D eigenvalue weighted by molar-refractivity contribution is 0.605. The summed E-state index contributed by atoms with van der Waals surface area (Å²) in [7, 11) is 0. The highest BCUT2D eigenvalue weighted by Gasteiger charge is 2.24. The van der Waals surface area contributed by atoms with Gasteiger partial charge >= 0.3 is 0 Å². The SMILES string of the molecule is CC(CC1CC1)Nc1ccc(C#N)c(Br)c1F. The van der Waals surface area contributed by atoms with E-state index in [4.69, 9.17) is 5.26 Å². The van der Waals surface area contributed by atoms with E-state index < -0.39 is 0 Å². The van der Waals surface area contributed by atoms with Crippen LogP contribution in [0.1, 0.15) is 31.7 Å². The Bertz CT molecular complexity index is 463. The normalized spacial score (nSPS) is 16.4. The number of halogens is 2. The maximum Gasteiger partial charge on any atom is 0.161 e. The van der Waals surface area contributed by atoms with Crippen molar-refractivity contribution in [1.29, 1.82) is 5.26 Å². The van der Waals surface area contributed by atoms with Gasteiger partial charge in [0.25, 0.3) is 0 Å². The van der Waals surface area contributed by atoms with Crippen molar-refractivity contribution in [2.75, 3.05) is 5.32 Å². The topological polar surface area (TPSA) is 35.8 Å². The number of benzene rings is 1. The highest BCUT2D eigenvalue weighted by molar-refractivity contribution is 9.10. The molecule has 1 unspecified atom stereocenters. The molecule has 1 aliphatic rings. The van der Waals surface area contributed by atoms with Crippen molar-refractivity contribution in [1.82, 2.24) is 0 Å². The van der Waals surface area contributed by atoms with Gasteiger partial charge in [0.2, 0.25) is 0 Å². The van der Waals surface area contributed by atoms with Crippen molar-refractivity contribution in [3.8, 4) is 6.07 Å². The molecule has 90 valence electrons. The van der Waals surface area contributed by atoms with Gasteiger partial charge in [-0.25, -0.2) is 4.39 Å². The summed E-state index contributed by atoms with van der Waals surface area (Å²) in [5.41, 5.74) is 0.784. The number of nitrogens with one attached hydrogen (secondary N) is 1. The van der Waals surface area contributed by atoms with Gasteiger partial charge in [0.1, 0.15) is 6.07 Å². The fourth-order valence-corrected chi connectivity index (χ4v) is 2.36. The fraction of sp³-hybridized carbons (Fsp3) is 0.462. The molecule has 0 amide bonds. The number of rotatable bonds is 4. The van der Waals surface area contributed by atoms with E-state index in [1.807, 2.05) is 6.07 Å². The average molecular weight is 297 g/mol. The third kappa shape index (κ3) is 2.98.